The van der Waals surface area contributed by atoms with E-state index in [0.29, 0.717) is 5.69 Å². The number of hydrogen-bond donors (Lipinski definition) is 2. The molecule has 0 aliphatic heterocycles. The van der Waals surface area contributed by atoms with E-state index in [1.807, 2.05) is 0 Å². The van der Waals surface area contributed by atoms with Gasteiger partial charge in [-0.15, -0.1) is 0 Å². The highest BCUT2D eigenvalue weighted by atomic mass is 16.6. The van der Waals surface area contributed by atoms with Crippen molar-refractivity contribution in [2.75, 3.05) is 12.4 Å². The molecule has 0 aromatic heterocycles. The lowest BCUT2D eigenvalue weighted by atomic mass is 10.2. The van der Waals surface area contributed by atoms with Gasteiger partial charge in [0.2, 0.25) is 0 Å². The topological polar surface area (TPSA) is 105 Å². The summed E-state index contributed by atoms with van der Waals surface area (Å²) in [6.07, 6.45) is 0. The van der Waals surface area contributed by atoms with Crippen LogP contribution in [0.25, 0.3) is 0 Å². The summed E-state index contributed by atoms with van der Waals surface area (Å²) in [6.45, 7) is 0. The Morgan fingerprint density at radius 3 is 2.30 bits per heavy atom. The van der Waals surface area contributed by atoms with Crippen LogP contribution < -0.4 is 10.7 Å². The zero-order valence-corrected chi connectivity index (χ0v) is 12.2. The number of urea groups is 1. The monoisotopic (exact) mass is 314 g/mol. The fraction of sp³-hybridized carbons (Fsp3) is 0.0667. The van der Waals surface area contributed by atoms with Gasteiger partial charge in [0.1, 0.15) is 5.56 Å². The molecule has 2 rings (SSSR count). The Hall–Kier alpha value is -3.42. The fourth-order valence-electron chi connectivity index (χ4n) is 1.82. The molecule has 0 unspecified atom stereocenters. The minimum absolute atomic E-state index is 0.128. The normalized spacial score (nSPS) is 9.78. The van der Waals surface area contributed by atoms with E-state index >= 15 is 0 Å². The Bertz CT molecular complexity index is 733. The van der Waals surface area contributed by atoms with E-state index in [1.165, 1.54) is 31.3 Å². The van der Waals surface area contributed by atoms with Crippen molar-refractivity contribution in [1.29, 1.82) is 0 Å². The van der Waals surface area contributed by atoms with Crippen molar-refractivity contribution in [3.63, 3.8) is 0 Å². The minimum Gasteiger partial charge on any atom is -0.306 e. The Balaban J connectivity index is 2.05. The first-order valence-electron chi connectivity index (χ1n) is 6.63. The van der Waals surface area contributed by atoms with Gasteiger partial charge in [0.25, 0.3) is 11.6 Å². The molecule has 0 saturated heterocycles. The second-order valence-corrected chi connectivity index (χ2v) is 4.57. The van der Waals surface area contributed by atoms with Gasteiger partial charge in [0, 0.05) is 18.8 Å². The molecule has 2 aromatic rings. The molecule has 0 heterocycles. The largest absolute Gasteiger partial charge is 0.340 e. The third-order valence-corrected chi connectivity index (χ3v) is 2.94. The van der Waals surface area contributed by atoms with Crippen LogP contribution in [0.4, 0.5) is 16.2 Å². The molecule has 118 valence electrons. The number of hydrazine groups is 1. The van der Waals surface area contributed by atoms with Crippen molar-refractivity contribution in [1.82, 2.24) is 10.4 Å². The van der Waals surface area contributed by atoms with E-state index in [0.717, 1.165) is 5.01 Å². The van der Waals surface area contributed by atoms with Crippen LogP contribution in [0.2, 0.25) is 0 Å². The van der Waals surface area contributed by atoms with Crippen LogP contribution >= 0.6 is 0 Å². The maximum atomic E-state index is 12.1. The van der Waals surface area contributed by atoms with Gasteiger partial charge in [-0.3, -0.25) is 20.3 Å². The number of hydrogen-bond acceptors (Lipinski definition) is 4. The average Bonchev–Trinajstić information content (AvgIpc) is 2.55. The van der Waals surface area contributed by atoms with Gasteiger partial charge in [0.15, 0.2) is 0 Å². The van der Waals surface area contributed by atoms with Crippen LogP contribution in [0, 0.1) is 10.1 Å². The van der Waals surface area contributed by atoms with Gasteiger partial charge < -0.3 is 5.32 Å². The van der Waals surface area contributed by atoms with Crippen molar-refractivity contribution in [3.05, 3.63) is 70.3 Å². The molecule has 8 nitrogen and oxygen atoms in total. The molecule has 0 spiro atoms. The Morgan fingerprint density at radius 1 is 1.04 bits per heavy atom. The number of benzene rings is 2. The number of para-hydroxylation sites is 2. The number of rotatable bonds is 3. The molecule has 0 aliphatic carbocycles. The highest BCUT2D eigenvalue weighted by Crippen LogP contribution is 2.17. The molecular weight excluding hydrogens is 300 g/mol. The quantitative estimate of drug-likeness (QED) is 0.670. The Kier molecular flexibility index (Phi) is 4.88. The average molecular weight is 314 g/mol. The predicted octanol–water partition coefficient (Wildman–Crippen LogP) is 2.40. The molecule has 0 aliphatic rings. The highest BCUT2D eigenvalue weighted by Gasteiger charge is 2.21. The van der Waals surface area contributed by atoms with Crippen LogP contribution in [0.15, 0.2) is 54.6 Å². The van der Waals surface area contributed by atoms with Crippen LogP contribution in [0.3, 0.4) is 0 Å². The van der Waals surface area contributed by atoms with E-state index in [4.69, 9.17) is 0 Å². The molecule has 2 aromatic carbocycles. The van der Waals surface area contributed by atoms with E-state index in [2.05, 4.69) is 10.7 Å². The van der Waals surface area contributed by atoms with Gasteiger partial charge in [-0.25, -0.2) is 9.80 Å². The third kappa shape index (κ3) is 4.03. The lowest BCUT2D eigenvalue weighted by Crippen LogP contribution is -2.45. The summed E-state index contributed by atoms with van der Waals surface area (Å²) >= 11 is 0. The van der Waals surface area contributed by atoms with E-state index in [1.54, 1.807) is 30.3 Å². The van der Waals surface area contributed by atoms with E-state index in [9.17, 15) is 19.7 Å². The summed E-state index contributed by atoms with van der Waals surface area (Å²) in [5.74, 6) is -0.747. The van der Waals surface area contributed by atoms with Gasteiger partial charge >= 0.3 is 6.03 Å². The van der Waals surface area contributed by atoms with Crippen LogP contribution in [0.5, 0.6) is 0 Å². The third-order valence-electron chi connectivity index (χ3n) is 2.94. The lowest BCUT2D eigenvalue weighted by Gasteiger charge is -2.18. The van der Waals surface area contributed by atoms with Crippen molar-refractivity contribution in [2.24, 2.45) is 0 Å². The summed E-state index contributed by atoms with van der Waals surface area (Å²) in [6, 6.07) is 13.6. The maximum Gasteiger partial charge on any atom is 0.340 e. The molecule has 0 atom stereocenters. The molecular formula is C15H14N4O4. The fourth-order valence-corrected chi connectivity index (χ4v) is 1.82. The summed E-state index contributed by atoms with van der Waals surface area (Å²) in [5.41, 5.74) is 2.39. The number of nitro benzene ring substituents is 1. The van der Waals surface area contributed by atoms with Crippen LogP contribution in [-0.4, -0.2) is 28.9 Å². The standard InChI is InChI=1S/C15H14N4O4/c1-18(15(21)16-11-7-3-2-4-8-11)17-14(20)12-9-5-6-10-13(12)19(22)23/h2-10H,1H3,(H,16,21)(H,17,20). The van der Waals surface area contributed by atoms with Crippen molar-refractivity contribution >= 4 is 23.3 Å². The molecule has 0 bridgehead atoms. The number of carbonyl (C=O) groups excluding carboxylic acids is 2. The number of nitrogens with zero attached hydrogens (tertiary/aromatic N) is 2. The second kappa shape index (κ2) is 7.03. The first-order valence-corrected chi connectivity index (χ1v) is 6.63. The molecule has 3 amide bonds. The number of nitro groups is 1. The van der Waals surface area contributed by atoms with Gasteiger partial charge in [-0.2, -0.15) is 0 Å². The van der Waals surface area contributed by atoms with Crippen molar-refractivity contribution in [3.8, 4) is 0 Å². The maximum absolute atomic E-state index is 12.1. The zero-order chi connectivity index (χ0) is 16.8. The first kappa shape index (κ1) is 16.0. The lowest BCUT2D eigenvalue weighted by molar-refractivity contribution is -0.385. The summed E-state index contributed by atoms with van der Waals surface area (Å²) < 4.78 is 0. The van der Waals surface area contributed by atoms with Gasteiger partial charge in [0.05, 0.1) is 4.92 Å². The zero-order valence-electron chi connectivity index (χ0n) is 12.2. The van der Waals surface area contributed by atoms with Crippen molar-refractivity contribution < 1.29 is 14.5 Å². The summed E-state index contributed by atoms with van der Waals surface area (Å²) in [5, 5.41) is 14.4. The predicted molar refractivity (Wildman–Crippen MR) is 83.8 cm³/mol. The molecule has 0 radical (unpaired) electrons. The molecule has 2 N–H and O–H groups in total. The van der Waals surface area contributed by atoms with Gasteiger partial charge in [-0.1, -0.05) is 30.3 Å². The summed E-state index contributed by atoms with van der Waals surface area (Å²) in [4.78, 5) is 34.3. The summed E-state index contributed by atoms with van der Waals surface area (Å²) in [7, 11) is 1.34. The number of carbonyl (C=O) groups is 2. The molecule has 23 heavy (non-hydrogen) atoms. The second-order valence-electron chi connectivity index (χ2n) is 4.57. The molecule has 0 saturated carbocycles. The Labute approximate surface area is 131 Å². The highest BCUT2D eigenvalue weighted by molar-refractivity contribution is 5.99. The van der Waals surface area contributed by atoms with E-state index in [-0.39, 0.29) is 11.3 Å². The smallest absolute Gasteiger partial charge is 0.306 e. The van der Waals surface area contributed by atoms with Crippen molar-refractivity contribution in [2.45, 2.75) is 0 Å². The van der Waals surface area contributed by atoms with Crippen LogP contribution in [0.1, 0.15) is 10.4 Å². The molecule has 8 heteroatoms. The minimum atomic E-state index is -0.747. The van der Waals surface area contributed by atoms with E-state index < -0.39 is 16.9 Å². The van der Waals surface area contributed by atoms with Gasteiger partial charge in [-0.05, 0) is 18.2 Å². The number of amides is 3. The Morgan fingerprint density at radius 2 is 1.65 bits per heavy atom. The number of anilines is 1. The SMILES string of the molecule is CN(NC(=O)c1ccccc1[N+](=O)[O-])C(=O)Nc1ccccc1. The number of nitrogens with one attached hydrogen (secondary N) is 2. The molecule has 0 fully saturated rings. The first-order chi connectivity index (χ1) is 11.0. The van der Waals surface area contributed by atoms with Crippen LogP contribution in [-0.2, 0) is 0 Å².